The maximum atomic E-state index is 13.1. The zero-order chi connectivity index (χ0) is 20.7. The zero-order valence-corrected chi connectivity index (χ0v) is 18.0. The Labute approximate surface area is 179 Å². The second kappa shape index (κ2) is 8.02. The first kappa shape index (κ1) is 20.3. The van der Waals surface area contributed by atoms with E-state index in [1.54, 1.807) is 11.3 Å². The van der Waals surface area contributed by atoms with Gasteiger partial charge >= 0.3 is 0 Å². The molecule has 2 aromatic rings. The molecule has 5 atom stereocenters. The number of carbonyl (C=O) groups is 1. The summed E-state index contributed by atoms with van der Waals surface area (Å²) in [5.74, 6) is -0.646. The second-order valence-electron chi connectivity index (χ2n) is 7.88. The lowest BCUT2D eigenvalue weighted by atomic mass is 9.77. The van der Waals surface area contributed by atoms with E-state index in [2.05, 4.69) is 16.7 Å². The Balaban J connectivity index is 1.65. The van der Waals surface area contributed by atoms with E-state index in [0.29, 0.717) is 11.7 Å². The first-order valence-corrected chi connectivity index (χ1v) is 11.0. The van der Waals surface area contributed by atoms with Crippen molar-refractivity contribution in [2.75, 3.05) is 4.90 Å². The number of fused-ring (bicyclic) bond motifs is 1. The van der Waals surface area contributed by atoms with E-state index in [1.165, 1.54) is 0 Å². The molecule has 1 aliphatic carbocycles. The molecular formula is C21H25N3O3S2. The van der Waals surface area contributed by atoms with Crippen molar-refractivity contribution in [3.05, 3.63) is 51.7 Å². The number of aryl methyl sites for hydroxylation is 2. The van der Waals surface area contributed by atoms with Gasteiger partial charge in [0.15, 0.2) is 5.11 Å². The Kier molecular flexibility index (Phi) is 5.61. The van der Waals surface area contributed by atoms with E-state index in [1.807, 2.05) is 48.4 Å². The molecule has 0 unspecified atom stereocenters. The maximum Gasteiger partial charge on any atom is 0.225 e. The van der Waals surface area contributed by atoms with Crippen LogP contribution in [0.5, 0.6) is 0 Å². The number of nitrogens with one attached hydrogen (secondary N) is 2. The van der Waals surface area contributed by atoms with Crippen LogP contribution in [-0.4, -0.2) is 45.5 Å². The Morgan fingerprint density at radius 3 is 2.69 bits per heavy atom. The molecule has 2 fully saturated rings. The molecule has 0 spiro atoms. The molecule has 29 heavy (non-hydrogen) atoms. The van der Waals surface area contributed by atoms with Gasteiger partial charge in [-0.2, -0.15) is 0 Å². The van der Waals surface area contributed by atoms with E-state index in [9.17, 15) is 15.0 Å². The van der Waals surface area contributed by atoms with Gasteiger partial charge < -0.3 is 25.7 Å². The van der Waals surface area contributed by atoms with Crippen LogP contribution in [0.2, 0.25) is 0 Å². The van der Waals surface area contributed by atoms with Gasteiger partial charge in [0.2, 0.25) is 5.91 Å². The lowest BCUT2D eigenvalue weighted by Gasteiger charge is -2.41. The fourth-order valence-corrected chi connectivity index (χ4v) is 5.46. The van der Waals surface area contributed by atoms with E-state index in [0.717, 1.165) is 21.7 Å². The predicted octanol–water partition coefficient (Wildman–Crippen LogP) is 1.85. The van der Waals surface area contributed by atoms with Crippen molar-refractivity contribution in [3.63, 3.8) is 0 Å². The van der Waals surface area contributed by atoms with Crippen molar-refractivity contribution >= 4 is 40.3 Å². The summed E-state index contributed by atoms with van der Waals surface area (Å²) in [5, 5.41) is 29.6. The molecule has 2 heterocycles. The van der Waals surface area contributed by atoms with Crippen molar-refractivity contribution < 1.29 is 15.0 Å². The minimum absolute atomic E-state index is 0.139. The van der Waals surface area contributed by atoms with Gasteiger partial charge in [0.1, 0.15) is 6.10 Å². The van der Waals surface area contributed by atoms with Gasteiger partial charge in [0.25, 0.3) is 0 Å². The van der Waals surface area contributed by atoms with E-state index >= 15 is 0 Å². The van der Waals surface area contributed by atoms with Crippen LogP contribution in [0.4, 0.5) is 5.69 Å². The second-order valence-corrected chi connectivity index (χ2v) is 9.30. The third-order valence-corrected chi connectivity index (χ3v) is 6.87. The summed E-state index contributed by atoms with van der Waals surface area (Å²) in [6.07, 6.45) is -1.79. The van der Waals surface area contributed by atoms with Gasteiger partial charge in [-0.25, -0.2) is 0 Å². The fourth-order valence-electron chi connectivity index (χ4n) is 4.45. The van der Waals surface area contributed by atoms with Gasteiger partial charge in [0, 0.05) is 10.6 Å². The summed E-state index contributed by atoms with van der Waals surface area (Å²) >= 11 is 7.16. The van der Waals surface area contributed by atoms with Crippen LogP contribution >= 0.6 is 23.6 Å². The van der Waals surface area contributed by atoms with E-state index < -0.39 is 24.2 Å². The lowest BCUT2D eigenvalue weighted by molar-refractivity contribution is -0.131. The smallest absolute Gasteiger partial charge is 0.225 e. The molecule has 2 aliphatic rings. The number of nitrogens with zero attached hydrogens (tertiary/aromatic N) is 1. The van der Waals surface area contributed by atoms with E-state index in [-0.39, 0.29) is 18.4 Å². The van der Waals surface area contributed by atoms with Gasteiger partial charge in [-0.1, -0.05) is 12.1 Å². The fraction of sp³-hybridized carbons (Fsp3) is 0.429. The van der Waals surface area contributed by atoms with E-state index in [4.69, 9.17) is 12.2 Å². The minimum Gasteiger partial charge on any atom is -0.390 e. The highest BCUT2D eigenvalue weighted by Gasteiger charge is 2.53. The van der Waals surface area contributed by atoms with Gasteiger partial charge in [-0.3, -0.25) is 4.79 Å². The monoisotopic (exact) mass is 431 g/mol. The summed E-state index contributed by atoms with van der Waals surface area (Å²) in [6.45, 7) is 4.49. The molecule has 0 bridgehead atoms. The molecule has 1 saturated carbocycles. The standard InChI is InChI=1S/C21H25N3O3S2/c1-11-6-12(2)8-13(7-11)24-18-15(20(27)22-10-14-4-3-5-29-14)9-16(25)19(26)17(18)23-21(24)28/h3-8,15-19,25-26H,9-10H2,1-2H3,(H,22,27)(H,23,28)/t15-,16-,17-,18+,19+/m1/s1. The third kappa shape index (κ3) is 3.90. The van der Waals surface area contributed by atoms with Crippen LogP contribution in [0.25, 0.3) is 0 Å². The quantitative estimate of drug-likeness (QED) is 0.553. The maximum absolute atomic E-state index is 13.1. The Bertz CT molecular complexity index is 898. The van der Waals surface area contributed by atoms with Crippen molar-refractivity contribution in [3.8, 4) is 0 Å². The first-order valence-electron chi connectivity index (χ1n) is 9.69. The molecule has 1 aromatic heterocycles. The Hall–Kier alpha value is -2.00. The molecule has 8 heteroatoms. The molecular weight excluding hydrogens is 406 g/mol. The number of carbonyl (C=O) groups excluding carboxylic acids is 1. The molecule has 1 amide bonds. The minimum atomic E-state index is -0.991. The largest absolute Gasteiger partial charge is 0.390 e. The predicted molar refractivity (Wildman–Crippen MR) is 118 cm³/mol. The number of amides is 1. The van der Waals surface area contributed by atoms with Crippen LogP contribution in [0.15, 0.2) is 35.7 Å². The summed E-state index contributed by atoms with van der Waals surface area (Å²) in [4.78, 5) is 16.1. The number of hydrogen-bond acceptors (Lipinski definition) is 5. The van der Waals surface area contributed by atoms with Crippen LogP contribution in [0.3, 0.4) is 0 Å². The number of thiocarbonyl (C=S) groups is 1. The zero-order valence-electron chi connectivity index (χ0n) is 16.3. The molecule has 6 nitrogen and oxygen atoms in total. The number of hydrogen-bond donors (Lipinski definition) is 4. The van der Waals surface area contributed by atoms with Crippen molar-refractivity contribution in [2.24, 2.45) is 5.92 Å². The molecule has 4 N–H and O–H groups in total. The number of aliphatic hydroxyl groups excluding tert-OH is 2. The van der Waals surface area contributed by atoms with Crippen LogP contribution < -0.4 is 15.5 Å². The molecule has 154 valence electrons. The molecule has 1 aromatic carbocycles. The number of benzene rings is 1. The Morgan fingerprint density at radius 2 is 2.03 bits per heavy atom. The topological polar surface area (TPSA) is 84.8 Å². The highest BCUT2D eigenvalue weighted by Crippen LogP contribution is 2.37. The summed E-state index contributed by atoms with van der Waals surface area (Å²) in [5.41, 5.74) is 3.09. The number of aliphatic hydroxyl groups is 2. The first-order chi connectivity index (χ1) is 13.8. The summed E-state index contributed by atoms with van der Waals surface area (Å²) in [6, 6.07) is 9.18. The van der Waals surface area contributed by atoms with Crippen molar-refractivity contribution in [1.29, 1.82) is 0 Å². The normalized spacial score (nSPS) is 28.8. The summed E-state index contributed by atoms with van der Waals surface area (Å²) < 4.78 is 0. The number of anilines is 1. The average Bonchev–Trinajstić information content (AvgIpc) is 3.29. The average molecular weight is 432 g/mol. The molecule has 4 rings (SSSR count). The lowest BCUT2D eigenvalue weighted by Crippen LogP contribution is -2.60. The number of rotatable bonds is 4. The molecule has 1 saturated heterocycles. The molecule has 1 aliphatic heterocycles. The van der Waals surface area contributed by atoms with Crippen molar-refractivity contribution in [1.82, 2.24) is 10.6 Å². The van der Waals surface area contributed by atoms with Gasteiger partial charge in [0.05, 0.1) is 30.7 Å². The highest BCUT2D eigenvalue weighted by molar-refractivity contribution is 7.80. The van der Waals surface area contributed by atoms with Crippen molar-refractivity contribution in [2.45, 2.75) is 51.1 Å². The molecule has 0 radical (unpaired) electrons. The third-order valence-electron chi connectivity index (χ3n) is 5.68. The Morgan fingerprint density at radius 1 is 1.31 bits per heavy atom. The SMILES string of the molecule is Cc1cc(C)cc(N2C(=S)N[C@H]3[C@@H](O)[C@H](O)C[C@@H](C(=O)NCc4cccs4)[C@@H]32)c1. The van der Waals surface area contributed by atoms with Gasteiger partial charge in [-0.15, -0.1) is 11.3 Å². The number of thiophene rings is 1. The summed E-state index contributed by atoms with van der Waals surface area (Å²) in [7, 11) is 0. The van der Waals surface area contributed by atoms with Crippen LogP contribution in [-0.2, 0) is 11.3 Å². The van der Waals surface area contributed by atoms with Gasteiger partial charge in [-0.05, 0) is 67.2 Å². The van der Waals surface area contributed by atoms with Crippen LogP contribution in [0, 0.1) is 19.8 Å². The van der Waals surface area contributed by atoms with Crippen LogP contribution in [0.1, 0.15) is 22.4 Å². The highest BCUT2D eigenvalue weighted by atomic mass is 32.1.